The molecule has 2 atom stereocenters. The molecule has 2 rings (SSSR count). The monoisotopic (exact) mass is 545 g/mol. The normalized spacial score (nSPS) is 13.4. The fourth-order valence-corrected chi connectivity index (χ4v) is 4.92. The van der Waals surface area contributed by atoms with E-state index in [2.05, 4.69) is 26.1 Å². The third-order valence-electron chi connectivity index (χ3n) is 6.57. The van der Waals surface area contributed by atoms with Crippen molar-refractivity contribution in [3.8, 4) is 5.75 Å². The van der Waals surface area contributed by atoms with Gasteiger partial charge in [0.2, 0.25) is 21.8 Å². The van der Waals surface area contributed by atoms with Crippen molar-refractivity contribution in [2.75, 3.05) is 24.2 Å². The number of amides is 2. The summed E-state index contributed by atoms with van der Waals surface area (Å²) in [4.78, 5) is 28.5. The summed E-state index contributed by atoms with van der Waals surface area (Å²) in [5.41, 5.74) is 2.11. The third-order valence-corrected chi connectivity index (χ3v) is 7.72. The second-order valence-corrected chi connectivity index (χ2v) is 12.6. The molecule has 210 valence electrons. The molecular weight excluding hydrogens is 502 g/mol. The Balaban J connectivity index is 2.47. The van der Waals surface area contributed by atoms with Crippen LogP contribution in [0.1, 0.15) is 65.5 Å². The Bertz CT molecular complexity index is 1190. The van der Waals surface area contributed by atoms with Crippen LogP contribution in [0.15, 0.2) is 48.5 Å². The van der Waals surface area contributed by atoms with Crippen LogP contribution in [-0.2, 0) is 31.6 Å². The van der Waals surface area contributed by atoms with Gasteiger partial charge in [-0.3, -0.25) is 13.9 Å². The molecule has 1 N–H and O–H groups in total. The summed E-state index contributed by atoms with van der Waals surface area (Å²) < 4.78 is 32.1. The molecule has 0 saturated carbocycles. The highest BCUT2D eigenvalue weighted by atomic mass is 32.2. The van der Waals surface area contributed by atoms with Crippen molar-refractivity contribution in [1.29, 1.82) is 0 Å². The SMILES string of the molecule is CC[C@H](C(=O)N[C@@H](C)CC)N(Cc1cccc(OC)c1)C(=O)CN(c1ccc(C(C)(C)C)cc1)S(C)(=O)=O. The minimum Gasteiger partial charge on any atom is -0.497 e. The second kappa shape index (κ2) is 13.1. The smallest absolute Gasteiger partial charge is 0.244 e. The summed E-state index contributed by atoms with van der Waals surface area (Å²) in [5, 5.41) is 2.97. The minimum absolute atomic E-state index is 0.0563. The molecule has 2 aromatic carbocycles. The zero-order valence-corrected chi connectivity index (χ0v) is 24.8. The van der Waals surface area contributed by atoms with Crippen LogP contribution in [0, 0.1) is 0 Å². The Morgan fingerprint density at radius 2 is 1.66 bits per heavy atom. The van der Waals surface area contributed by atoms with Gasteiger partial charge < -0.3 is 15.0 Å². The largest absolute Gasteiger partial charge is 0.497 e. The lowest BCUT2D eigenvalue weighted by molar-refractivity contribution is -0.140. The number of carbonyl (C=O) groups is 2. The van der Waals surface area contributed by atoms with Crippen molar-refractivity contribution in [3.63, 3.8) is 0 Å². The van der Waals surface area contributed by atoms with E-state index in [0.29, 0.717) is 17.9 Å². The fourth-order valence-electron chi connectivity index (χ4n) is 4.07. The molecule has 2 aromatic rings. The predicted octanol–water partition coefficient (Wildman–Crippen LogP) is 4.48. The van der Waals surface area contributed by atoms with Gasteiger partial charge in [0.05, 0.1) is 19.1 Å². The molecule has 0 fully saturated rings. The standard InChI is InChI=1S/C29H43N3O5S/c1-9-21(3)30-28(34)26(10-2)31(19-22-12-11-13-25(18-22)37-7)27(33)20-32(38(8,35)36)24-16-14-23(15-17-24)29(4,5)6/h11-18,21,26H,9-10,19-20H2,1-8H3,(H,30,34)/t21-,26+/m0/s1. The Labute approximate surface area is 228 Å². The van der Waals surface area contributed by atoms with Gasteiger partial charge in [-0.2, -0.15) is 0 Å². The van der Waals surface area contributed by atoms with Gasteiger partial charge in [-0.1, -0.05) is 58.9 Å². The van der Waals surface area contributed by atoms with Crippen LogP contribution in [0.3, 0.4) is 0 Å². The van der Waals surface area contributed by atoms with Crippen LogP contribution >= 0.6 is 0 Å². The van der Waals surface area contributed by atoms with E-state index in [1.165, 1.54) is 4.90 Å². The number of methoxy groups -OCH3 is 1. The van der Waals surface area contributed by atoms with Gasteiger partial charge in [-0.15, -0.1) is 0 Å². The molecular formula is C29H43N3O5S. The Morgan fingerprint density at radius 1 is 1.03 bits per heavy atom. The van der Waals surface area contributed by atoms with Crippen molar-refractivity contribution < 1.29 is 22.7 Å². The summed E-state index contributed by atoms with van der Waals surface area (Å²) >= 11 is 0. The summed E-state index contributed by atoms with van der Waals surface area (Å²) in [7, 11) is -2.23. The van der Waals surface area contributed by atoms with Gasteiger partial charge in [0.1, 0.15) is 18.3 Å². The number of anilines is 1. The van der Waals surface area contributed by atoms with Crippen LogP contribution in [0.4, 0.5) is 5.69 Å². The molecule has 0 saturated heterocycles. The molecule has 0 spiro atoms. The summed E-state index contributed by atoms with van der Waals surface area (Å²) in [6, 6.07) is 13.6. The number of carbonyl (C=O) groups excluding carboxylic acids is 2. The third kappa shape index (κ3) is 8.48. The average Bonchev–Trinajstić information content (AvgIpc) is 2.85. The summed E-state index contributed by atoms with van der Waals surface area (Å²) in [5.74, 6) is -0.105. The number of benzene rings is 2. The molecule has 8 nitrogen and oxygen atoms in total. The van der Waals surface area contributed by atoms with Crippen LogP contribution < -0.4 is 14.4 Å². The zero-order chi connectivity index (χ0) is 28.7. The summed E-state index contributed by atoms with van der Waals surface area (Å²) in [6.45, 7) is 11.6. The lowest BCUT2D eigenvalue weighted by atomic mass is 9.87. The Morgan fingerprint density at radius 3 is 2.16 bits per heavy atom. The highest BCUT2D eigenvalue weighted by Crippen LogP contribution is 2.26. The van der Waals surface area contributed by atoms with Gasteiger partial charge in [0, 0.05) is 12.6 Å². The Kier molecular flexibility index (Phi) is 10.8. The van der Waals surface area contributed by atoms with Gasteiger partial charge in [-0.05, 0) is 60.6 Å². The minimum atomic E-state index is -3.79. The quantitative estimate of drug-likeness (QED) is 0.424. The average molecular weight is 546 g/mol. The van der Waals surface area contributed by atoms with Gasteiger partial charge in [-0.25, -0.2) is 8.42 Å². The molecule has 0 aliphatic carbocycles. The van der Waals surface area contributed by atoms with E-state index in [9.17, 15) is 18.0 Å². The van der Waals surface area contributed by atoms with Gasteiger partial charge in [0.25, 0.3) is 0 Å². The van der Waals surface area contributed by atoms with E-state index in [1.807, 2.05) is 45.0 Å². The van der Waals surface area contributed by atoms with Crippen LogP contribution in [0.25, 0.3) is 0 Å². The Hall–Kier alpha value is -3.07. The van der Waals surface area contributed by atoms with Crippen molar-refractivity contribution in [1.82, 2.24) is 10.2 Å². The summed E-state index contributed by atoms with van der Waals surface area (Å²) in [6.07, 6.45) is 2.20. The number of rotatable bonds is 12. The number of hydrogen-bond donors (Lipinski definition) is 1. The van der Waals surface area contributed by atoms with E-state index < -0.39 is 28.5 Å². The van der Waals surface area contributed by atoms with Crippen LogP contribution in [0.5, 0.6) is 5.75 Å². The maximum atomic E-state index is 13.8. The van der Waals surface area contributed by atoms with Gasteiger partial charge in [0.15, 0.2) is 0 Å². The highest BCUT2D eigenvalue weighted by Gasteiger charge is 2.32. The number of nitrogens with zero attached hydrogens (tertiary/aromatic N) is 2. The van der Waals surface area contributed by atoms with E-state index in [1.54, 1.807) is 31.4 Å². The van der Waals surface area contributed by atoms with Crippen molar-refractivity contribution in [2.24, 2.45) is 0 Å². The van der Waals surface area contributed by atoms with Crippen LogP contribution in [-0.4, -0.2) is 57.1 Å². The molecule has 2 amide bonds. The number of nitrogens with one attached hydrogen (secondary N) is 1. The van der Waals surface area contributed by atoms with Crippen molar-refractivity contribution >= 4 is 27.5 Å². The first kappa shape index (κ1) is 31.1. The fraction of sp³-hybridized carbons (Fsp3) is 0.517. The first-order chi connectivity index (χ1) is 17.7. The molecule has 0 unspecified atom stereocenters. The molecule has 0 heterocycles. The number of hydrogen-bond acceptors (Lipinski definition) is 5. The topological polar surface area (TPSA) is 96.0 Å². The first-order valence-corrected chi connectivity index (χ1v) is 14.9. The van der Waals surface area contributed by atoms with Crippen molar-refractivity contribution in [2.45, 2.75) is 78.4 Å². The van der Waals surface area contributed by atoms with E-state index in [-0.39, 0.29) is 23.9 Å². The maximum Gasteiger partial charge on any atom is 0.244 e. The van der Waals surface area contributed by atoms with E-state index >= 15 is 0 Å². The lowest BCUT2D eigenvalue weighted by Crippen LogP contribution is -2.53. The second-order valence-electron chi connectivity index (χ2n) is 10.7. The molecule has 38 heavy (non-hydrogen) atoms. The van der Waals surface area contributed by atoms with Crippen molar-refractivity contribution in [3.05, 3.63) is 59.7 Å². The predicted molar refractivity (Wildman–Crippen MR) is 153 cm³/mol. The van der Waals surface area contributed by atoms with Gasteiger partial charge >= 0.3 is 0 Å². The molecule has 0 aromatic heterocycles. The zero-order valence-electron chi connectivity index (χ0n) is 23.9. The molecule has 0 aliphatic rings. The molecule has 0 radical (unpaired) electrons. The lowest BCUT2D eigenvalue weighted by Gasteiger charge is -2.33. The maximum absolute atomic E-state index is 13.8. The highest BCUT2D eigenvalue weighted by molar-refractivity contribution is 7.92. The molecule has 0 bridgehead atoms. The first-order valence-electron chi connectivity index (χ1n) is 13.0. The number of sulfonamides is 1. The van der Waals surface area contributed by atoms with E-state index in [0.717, 1.165) is 28.1 Å². The van der Waals surface area contributed by atoms with Crippen LogP contribution in [0.2, 0.25) is 0 Å². The van der Waals surface area contributed by atoms with E-state index in [4.69, 9.17) is 4.74 Å². The molecule has 0 aliphatic heterocycles. The molecule has 9 heteroatoms. The number of ether oxygens (including phenoxy) is 1.